The van der Waals surface area contributed by atoms with Gasteiger partial charge >= 0.3 is 0 Å². The first-order valence-corrected chi connectivity index (χ1v) is 5.85. The lowest BCUT2D eigenvalue weighted by Gasteiger charge is -2.21. The molecule has 2 atom stereocenters. The molecule has 2 aliphatic heterocycles. The normalized spacial score (nSPS) is 27.4. The minimum absolute atomic E-state index is 0.0395. The Kier molecular flexibility index (Phi) is 2.59. The van der Waals surface area contributed by atoms with E-state index in [0.717, 1.165) is 25.9 Å². The highest BCUT2D eigenvalue weighted by molar-refractivity contribution is 5.85. The van der Waals surface area contributed by atoms with E-state index in [2.05, 4.69) is 4.99 Å². The molecule has 0 aromatic carbocycles. The van der Waals surface area contributed by atoms with E-state index in [4.69, 9.17) is 9.15 Å². The molecule has 0 bridgehead atoms. The van der Waals surface area contributed by atoms with Crippen LogP contribution < -0.4 is 0 Å². The van der Waals surface area contributed by atoms with Crippen molar-refractivity contribution in [3.05, 3.63) is 24.2 Å². The largest absolute Gasteiger partial charge is 0.470 e. The zero-order valence-corrected chi connectivity index (χ0v) is 9.41. The van der Waals surface area contributed by atoms with E-state index < -0.39 is 12.1 Å². The number of hydrogen-bond donors (Lipinski definition) is 0. The molecule has 17 heavy (non-hydrogen) atoms. The Morgan fingerprint density at radius 2 is 2.24 bits per heavy atom. The van der Waals surface area contributed by atoms with Gasteiger partial charge in [0.1, 0.15) is 5.76 Å². The van der Waals surface area contributed by atoms with Gasteiger partial charge in [0.05, 0.1) is 6.26 Å². The molecule has 1 fully saturated rings. The quantitative estimate of drug-likeness (QED) is 0.776. The molecule has 5 heteroatoms. The van der Waals surface area contributed by atoms with Gasteiger partial charge in [-0.15, -0.1) is 0 Å². The molecule has 0 spiro atoms. The van der Waals surface area contributed by atoms with Crippen molar-refractivity contribution in [1.29, 1.82) is 0 Å². The molecule has 0 saturated carbocycles. The topological polar surface area (TPSA) is 55.0 Å². The van der Waals surface area contributed by atoms with Gasteiger partial charge in [0.2, 0.25) is 0 Å². The number of rotatable bonds is 2. The molecule has 0 aliphatic carbocycles. The molecule has 1 aromatic rings. The maximum Gasteiger partial charge on any atom is 0.251 e. The van der Waals surface area contributed by atoms with E-state index in [9.17, 15) is 4.79 Å². The first-order valence-electron chi connectivity index (χ1n) is 5.85. The van der Waals surface area contributed by atoms with E-state index in [-0.39, 0.29) is 5.91 Å². The first kappa shape index (κ1) is 10.4. The van der Waals surface area contributed by atoms with E-state index in [1.807, 2.05) is 11.0 Å². The van der Waals surface area contributed by atoms with E-state index in [1.165, 1.54) is 6.40 Å². The van der Waals surface area contributed by atoms with Crippen molar-refractivity contribution in [3.63, 3.8) is 0 Å². The summed E-state index contributed by atoms with van der Waals surface area (Å²) in [6, 6.07) is 3.11. The zero-order valence-electron chi connectivity index (χ0n) is 9.41. The Hall–Kier alpha value is -1.78. The van der Waals surface area contributed by atoms with Crippen LogP contribution >= 0.6 is 0 Å². The second kappa shape index (κ2) is 4.24. The molecule has 1 aromatic heterocycles. The summed E-state index contributed by atoms with van der Waals surface area (Å²) in [6.45, 7) is 1.66. The summed E-state index contributed by atoms with van der Waals surface area (Å²) in [7, 11) is 0. The maximum absolute atomic E-state index is 12.2. The number of aliphatic imine (C=N–C) groups is 1. The van der Waals surface area contributed by atoms with E-state index in [1.54, 1.807) is 12.3 Å². The predicted octanol–water partition coefficient (Wildman–Crippen LogP) is 1.37. The number of carbonyl (C=O) groups is 1. The first-order chi connectivity index (χ1) is 8.36. The van der Waals surface area contributed by atoms with Crippen molar-refractivity contribution >= 4 is 12.3 Å². The van der Waals surface area contributed by atoms with Crippen molar-refractivity contribution < 1.29 is 13.9 Å². The van der Waals surface area contributed by atoms with Crippen LogP contribution in [0.1, 0.15) is 24.7 Å². The molecule has 1 amide bonds. The number of likely N-dealkylation sites (tertiary alicyclic amines) is 1. The summed E-state index contributed by atoms with van der Waals surface area (Å²) in [6.07, 6.45) is 4.68. The van der Waals surface area contributed by atoms with Gasteiger partial charge in [0.15, 0.2) is 18.5 Å². The zero-order chi connectivity index (χ0) is 11.7. The van der Waals surface area contributed by atoms with Crippen LogP contribution in [0.25, 0.3) is 0 Å². The van der Waals surface area contributed by atoms with Gasteiger partial charge in [-0.2, -0.15) is 0 Å². The van der Waals surface area contributed by atoms with E-state index in [0.29, 0.717) is 5.76 Å². The molecule has 0 unspecified atom stereocenters. The number of ether oxygens (including phenoxy) is 1. The summed E-state index contributed by atoms with van der Waals surface area (Å²) in [5.41, 5.74) is 0. The summed E-state index contributed by atoms with van der Waals surface area (Å²) < 4.78 is 10.6. The summed E-state index contributed by atoms with van der Waals surface area (Å²) >= 11 is 0. The number of nitrogens with zero attached hydrogens (tertiary/aromatic N) is 2. The third-order valence-corrected chi connectivity index (χ3v) is 3.21. The average Bonchev–Trinajstić information content (AvgIpc) is 3.09. The van der Waals surface area contributed by atoms with Gasteiger partial charge in [0.25, 0.3) is 5.91 Å². The van der Waals surface area contributed by atoms with Crippen LogP contribution in [0.5, 0.6) is 0 Å². The predicted molar refractivity (Wildman–Crippen MR) is 60.6 cm³/mol. The number of carbonyl (C=O) groups excluding carboxylic acids is 1. The SMILES string of the molecule is O=C([C@H]1N=CO[C@@H]1c1ccco1)N1CCCC1. The van der Waals surface area contributed by atoms with Gasteiger partial charge in [-0.1, -0.05) is 0 Å². The molecule has 2 aliphatic rings. The van der Waals surface area contributed by atoms with Crippen LogP contribution in [0, 0.1) is 0 Å². The fourth-order valence-corrected chi connectivity index (χ4v) is 2.31. The molecule has 3 heterocycles. The van der Waals surface area contributed by atoms with Gasteiger partial charge in [0, 0.05) is 13.1 Å². The summed E-state index contributed by atoms with van der Waals surface area (Å²) in [5, 5.41) is 0. The second-order valence-corrected chi connectivity index (χ2v) is 4.30. The highest BCUT2D eigenvalue weighted by Crippen LogP contribution is 2.29. The molecule has 90 valence electrons. The number of amides is 1. The third-order valence-electron chi connectivity index (χ3n) is 3.21. The number of hydrogen-bond acceptors (Lipinski definition) is 4. The molecular weight excluding hydrogens is 220 g/mol. The van der Waals surface area contributed by atoms with Crippen LogP contribution in [-0.4, -0.2) is 36.3 Å². The molecule has 5 nitrogen and oxygen atoms in total. The van der Waals surface area contributed by atoms with Crippen molar-refractivity contribution in [1.82, 2.24) is 4.90 Å². The van der Waals surface area contributed by atoms with Crippen LogP contribution in [0.2, 0.25) is 0 Å². The monoisotopic (exact) mass is 234 g/mol. The Morgan fingerprint density at radius 3 is 2.94 bits per heavy atom. The van der Waals surface area contributed by atoms with Crippen LogP contribution in [-0.2, 0) is 9.53 Å². The van der Waals surface area contributed by atoms with Crippen molar-refractivity contribution in [2.75, 3.05) is 13.1 Å². The third kappa shape index (κ3) is 1.81. The molecule has 1 saturated heterocycles. The van der Waals surface area contributed by atoms with Crippen LogP contribution in [0.4, 0.5) is 0 Å². The molecule has 0 N–H and O–H groups in total. The fraction of sp³-hybridized carbons (Fsp3) is 0.500. The fourth-order valence-electron chi connectivity index (χ4n) is 2.31. The minimum Gasteiger partial charge on any atom is -0.470 e. The highest BCUT2D eigenvalue weighted by atomic mass is 16.5. The van der Waals surface area contributed by atoms with Gasteiger partial charge in [-0.3, -0.25) is 4.79 Å². The van der Waals surface area contributed by atoms with Gasteiger partial charge in [-0.25, -0.2) is 4.99 Å². The van der Waals surface area contributed by atoms with Crippen molar-refractivity contribution in [2.24, 2.45) is 4.99 Å². The average molecular weight is 234 g/mol. The summed E-state index contributed by atoms with van der Waals surface area (Å²) in [4.78, 5) is 18.2. The van der Waals surface area contributed by atoms with Gasteiger partial charge in [-0.05, 0) is 25.0 Å². The lowest BCUT2D eigenvalue weighted by Crippen LogP contribution is -2.38. The van der Waals surface area contributed by atoms with Crippen molar-refractivity contribution in [2.45, 2.75) is 25.0 Å². The molecular formula is C12H14N2O3. The Morgan fingerprint density at radius 1 is 1.41 bits per heavy atom. The smallest absolute Gasteiger partial charge is 0.251 e. The van der Waals surface area contributed by atoms with Crippen LogP contribution in [0.3, 0.4) is 0 Å². The van der Waals surface area contributed by atoms with E-state index >= 15 is 0 Å². The lowest BCUT2D eigenvalue weighted by molar-refractivity contribution is -0.133. The maximum atomic E-state index is 12.2. The van der Waals surface area contributed by atoms with Gasteiger partial charge < -0.3 is 14.1 Å². The Balaban J connectivity index is 1.77. The van der Waals surface area contributed by atoms with Crippen molar-refractivity contribution in [3.8, 4) is 0 Å². The number of furan rings is 1. The summed E-state index contributed by atoms with van der Waals surface area (Å²) in [5.74, 6) is 0.692. The minimum atomic E-state index is -0.487. The lowest BCUT2D eigenvalue weighted by atomic mass is 10.1. The second-order valence-electron chi connectivity index (χ2n) is 4.30. The highest BCUT2D eigenvalue weighted by Gasteiger charge is 2.38. The van der Waals surface area contributed by atoms with Crippen LogP contribution in [0.15, 0.2) is 27.8 Å². The Bertz CT molecular complexity index is 421. The standard InChI is InChI=1S/C12H14N2O3/c15-12(14-5-1-2-6-14)10-11(17-8-13-10)9-4-3-7-16-9/h3-4,7-8,10-11H,1-2,5-6H2/t10-,11+/m0/s1. The molecule has 0 radical (unpaired) electrons. The Labute approximate surface area is 99.1 Å². The molecule has 3 rings (SSSR count).